The second kappa shape index (κ2) is 9.78. The maximum atomic E-state index is 13.6. The minimum atomic E-state index is -4.10. The van der Waals surface area contributed by atoms with Crippen LogP contribution < -0.4 is 10.4 Å². The minimum absolute atomic E-state index is 0.00144. The first-order chi connectivity index (χ1) is 17.8. The van der Waals surface area contributed by atoms with Crippen molar-refractivity contribution in [3.05, 3.63) is 81.1 Å². The molecule has 0 saturated heterocycles. The zero-order chi connectivity index (χ0) is 26.3. The predicted octanol–water partition coefficient (Wildman–Crippen LogP) is 4.34. The lowest BCUT2D eigenvalue weighted by atomic mass is 9.80. The lowest BCUT2D eigenvalue weighted by Gasteiger charge is -2.31. The predicted molar refractivity (Wildman–Crippen MR) is 137 cm³/mol. The van der Waals surface area contributed by atoms with Crippen molar-refractivity contribution < 1.29 is 22.3 Å². The van der Waals surface area contributed by atoms with E-state index >= 15 is 0 Å². The quantitative estimate of drug-likeness (QED) is 0.412. The summed E-state index contributed by atoms with van der Waals surface area (Å²) in [5.74, 6) is -1.07. The number of carbonyl (C=O) groups excluding carboxylic acids is 1. The molecule has 1 aromatic heterocycles. The van der Waals surface area contributed by atoms with Gasteiger partial charge in [-0.3, -0.25) is 5.01 Å². The van der Waals surface area contributed by atoms with Gasteiger partial charge in [-0.2, -0.15) is 9.57 Å². The summed E-state index contributed by atoms with van der Waals surface area (Å²) in [5.41, 5.74) is 8.44. The Morgan fingerprint density at radius 2 is 2.08 bits per heavy atom. The number of esters is 1. The molecule has 5 rings (SSSR count). The molecule has 3 aliphatic rings. The van der Waals surface area contributed by atoms with Crippen molar-refractivity contribution in [2.75, 3.05) is 25.2 Å². The molecule has 1 N–H and O–H groups in total. The summed E-state index contributed by atoms with van der Waals surface area (Å²) in [6.07, 6.45) is 5.57. The standard InChI is InChI=1S/C26H25FN4O4S2/c1-16-21-14-29-31(20-7-5-19(27)6-8-20)22(21)13-17-3-4-18(24(16)17)15-30(11-10-28)37(33,34)23-9-12-36-25(23)26(32)35-2/h5-9,12-14,16,18,29H,3-4,11,15H2,1-2H3/t16-,18+/m0/s1. The summed E-state index contributed by atoms with van der Waals surface area (Å²) in [6.45, 7) is 1.91. The average Bonchev–Trinajstić information content (AvgIpc) is 3.63. The average molecular weight is 541 g/mol. The van der Waals surface area contributed by atoms with Crippen LogP contribution >= 0.6 is 11.3 Å². The number of hydrazine groups is 1. The molecule has 11 heteroatoms. The summed E-state index contributed by atoms with van der Waals surface area (Å²) in [4.78, 5) is 12.0. The van der Waals surface area contributed by atoms with Crippen molar-refractivity contribution in [2.45, 2.75) is 24.7 Å². The number of thiophene rings is 1. The van der Waals surface area contributed by atoms with Gasteiger partial charge in [0.1, 0.15) is 22.1 Å². The number of allylic oxidation sites excluding steroid dienone is 3. The molecule has 0 bridgehead atoms. The van der Waals surface area contributed by atoms with Gasteiger partial charge >= 0.3 is 5.97 Å². The van der Waals surface area contributed by atoms with Gasteiger partial charge < -0.3 is 10.2 Å². The third-order valence-corrected chi connectivity index (χ3v) is 9.95. The highest BCUT2D eigenvalue weighted by molar-refractivity contribution is 7.89. The first-order valence-electron chi connectivity index (χ1n) is 11.8. The number of anilines is 1. The van der Waals surface area contributed by atoms with E-state index in [1.807, 2.05) is 17.3 Å². The Bertz CT molecular complexity index is 1480. The van der Waals surface area contributed by atoms with Gasteiger partial charge in [-0.25, -0.2) is 17.6 Å². The van der Waals surface area contributed by atoms with E-state index < -0.39 is 16.0 Å². The van der Waals surface area contributed by atoms with Crippen LogP contribution in [0, 0.1) is 29.0 Å². The molecule has 0 amide bonds. The molecule has 2 aliphatic carbocycles. The van der Waals surface area contributed by atoms with Crippen LogP contribution in [0.25, 0.3) is 0 Å². The molecule has 37 heavy (non-hydrogen) atoms. The van der Waals surface area contributed by atoms with E-state index in [0.29, 0.717) is 0 Å². The number of rotatable bonds is 7. The number of ether oxygens (including phenoxy) is 1. The van der Waals surface area contributed by atoms with Gasteiger partial charge in [-0.1, -0.05) is 12.5 Å². The monoisotopic (exact) mass is 540 g/mol. The number of hydrogen-bond acceptors (Lipinski definition) is 8. The van der Waals surface area contributed by atoms with Crippen molar-refractivity contribution in [1.82, 2.24) is 9.73 Å². The second-order valence-electron chi connectivity index (χ2n) is 9.07. The van der Waals surface area contributed by atoms with Crippen LogP contribution in [0.5, 0.6) is 0 Å². The molecule has 2 heterocycles. The van der Waals surface area contributed by atoms with E-state index in [1.165, 1.54) is 35.0 Å². The van der Waals surface area contributed by atoms with E-state index in [9.17, 15) is 22.9 Å². The fraction of sp³-hybridized carbons (Fsp3) is 0.308. The summed E-state index contributed by atoms with van der Waals surface area (Å²) in [5, 5.41) is 12.9. The molecule has 192 valence electrons. The molecular weight excluding hydrogens is 515 g/mol. The molecule has 2 atom stereocenters. The summed E-state index contributed by atoms with van der Waals surface area (Å²) in [6, 6.07) is 9.61. The third-order valence-electron chi connectivity index (χ3n) is 7.08. The smallest absolute Gasteiger partial charge is 0.349 e. The number of fused-ring (bicyclic) bond motifs is 1. The van der Waals surface area contributed by atoms with Crippen molar-refractivity contribution in [3.8, 4) is 6.07 Å². The number of nitrogens with one attached hydrogen (secondary N) is 1. The molecule has 0 saturated carbocycles. The van der Waals surface area contributed by atoms with Crippen molar-refractivity contribution in [3.63, 3.8) is 0 Å². The molecular formula is C26H25FN4O4S2. The highest BCUT2D eigenvalue weighted by atomic mass is 32.2. The molecule has 0 unspecified atom stereocenters. The van der Waals surface area contributed by atoms with Crippen molar-refractivity contribution >= 4 is 33.0 Å². The van der Waals surface area contributed by atoms with E-state index in [-0.39, 0.29) is 40.5 Å². The number of carbonyl (C=O) groups is 1. The van der Waals surface area contributed by atoms with E-state index in [0.717, 1.165) is 52.3 Å². The van der Waals surface area contributed by atoms with Crippen LogP contribution in [-0.2, 0) is 14.8 Å². The fourth-order valence-corrected chi connectivity index (χ4v) is 8.05. The van der Waals surface area contributed by atoms with Crippen LogP contribution in [0.2, 0.25) is 0 Å². The van der Waals surface area contributed by atoms with Gasteiger partial charge in [-0.05, 0) is 66.1 Å². The maximum absolute atomic E-state index is 13.6. The molecule has 0 spiro atoms. The Balaban J connectivity index is 1.44. The summed E-state index contributed by atoms with van der Waals surface area (Å²) >= 11 is 0.995. The van der Waals surface area contributed by atoms with Gasteiger partial charge in [0.2, 0.25) is 10.0 Å². The Labute approximate surface area is 219 Å². The van der Waals surface area contributed by atoms with Crippen LogP contribution in [0.15, 0.2) is 75.3 Å². The maximum Gasteiger partial charge on any atom is 0.349 e. The third kappa shape index (κ3) is 4.35. The zero-order valence-corrected chi connectivity index (χ0v) is 21.9. The number of hydrogen-bond donors (Lipinski definition) is 1. The molecule has 0 fully saturated rings. The normalized spacial score (nSPS) is 20.7. The van der Waals surface area contributed by atoms with Gasteiger partial charge in [-0.15, -0.1) is 11.3 Å². The van der Waals surface area contributed by atoms with E-state index in [2.05, 4.69) is 18.4 Å². The molecule has 8 nitrogen and oxygen atoms in total. The van der Waals surface area contributed by atoms with Crippen molar-refractivity contribution in [2.24, 2.45) is 11.8 Å². The number of benzene rings is 1. The molecule has 1 aliphatic heterocycles. The number of nitrogens with zero attached hydrogens (tertiary/aromatic N) is 3. The largest absolute Gasteiger partial charge is 0.465 e. The van der Waals surface area contributed by atoms with Gasteiger partial charge in [0.15, 0.2) is 0 Å². The number of methoxy groups -OCH3 is 1. The molecule has 2 aromatic rings. The number of halogens is 1. The topological polar surface area (TPSA) is 103 Å². The Hall–Kier alpha value is -3.46. The highest BCUT2D eigenvalue weighted by Gasteiger charge is 2.40. The fourth-order valence-electron chi connectivity index (χ4n) is 5.36. The second-order valence-corrected chi connectivity index (χ2v) is 11.9. The van der Waals surface area contributed by atoms with Crippen molar-refractivity contribution in [1.29, 1.82) is 5.26 Å². The van der Waals surface area contributed by atoms with E-state index in [4.69, 9.17) is 4.74 Å². The minimum Gasteiger partial charge on any atom is -0.465 e. The number of sulfonamides is 1. The SMILES string of the molecule is COC(=O)c1sccc1S(=O)(=O)N(CC#N)C[C@H]1CCC2=C1[C@@H](C)C1=CNN(c3ccc(F)cc3)C1=C2. The highest BCUT2D eigenvalue weighted by Crippen LogP contribution is 2.48. The first kappa shape index (κ1) is 25.2. The first-order valence-corrected chi connectivity index (χ1v) is 14.1. The Morgan fingerprint density at radius 1 is 1.32 bits per heavy atom. The van der Waals surface area contributed by atoms with E-state index in [1.54, 1.807) is 12.1 Å². The summed E-state index contributed by atoms with van der Waals surface area (Å²) < 4.78 is 46.5. The van der Waals surface area contributed by atoms with Crippen LogP contribution in [0.4, 0.5) is 10.1 Å². The van der Waals surface area contributed by atoms with Crippen LogP contribution in [0.3, 0.4) is 0 Å². The number of nitriles is 1. The lowest BCUT2D eigenvalue weighted by molar-refractivity contribution is 0.0602. The van der Waals surface area contributed by atoms with Gasteiger partial charge in [0.25, 0.3) is 0 Å². The lowest BCUT2D eigenvalue weighted by Crippen LogP contribution is -2.37. The molecule has 1 aromatic carbocycles. The Kier molecular flexibility index (Phi) is 6.66. The summed E-state index contributed by atoms with van der Waals surface area (Å²) in [7, 11) is -2.90. The van der Waals surface area contributed by atoms with Gasteiger partial charge in [0.05, 0.1) is 24.6 Å². The van der Waals surface area contributed by atoms with Crippen LogP contribution in [0.1, 0.15) is 29.4 Å². The zero-order valence-electron chi connectivity index (χ0n) is 20.3. The Morgan fingerprint density at radius 3 is 2.78 bits per heavy atom. The van der Waals surface area contributed by atoms with Gasteiger partial charge in [0, 0.05) is 24.2 Å². The molecule has 0 radical (unpaired) electrons. The van der Waals surface area contributed by atoms with Crippen LogP contribution in [-0.4, -0.2) is 38.9 Å².